The molecule has 0 aliphatic carbocycles. The lowest BCUT2D eigenvalue weighted by Gasteiger charge is -2.22. The zero-order valence-corrected chi connectivity index (χ0v) is 14.5. The number of aromatic nitrogens is 1. The maximum atomic E-state index is 12.9. The predicted octanol–water partition coefficient (Wildman–Crippen LogP) is 3.72. The van der Waals surface area contributed by atoms with Crippen LogP contribution >= 0.6 is 0 Å². The van der Waals surface area contributed by atoms with Crippen LogP contribution in [0, 0.1) is 0 Å². The van der Waals surface area contributed by atoms with Crippen LogP contribution in [0.4, 0.5) is 13.2 Å². The summed E-state index contributed by atoms with van der Waals surface area (Å²) >= 11 is 0. The van der Waals surface area contributed by atoms with E-state index in [-0.39, 0.29) is 19.1 Å². The smallest absolute Gasteiger partial charge is 0.375 e. The summed E-state index contributed by atoms with van der Waals surface area (Å²) in [5.74, 6) is -0.181. The Morgan fingerprint density at radius 2 is 2.08 bits per heavy atom. The second kappa shape index (κ2) is 8.71. The number of nitrogens with zero attached hydrogens (tertiary/aromatic N) is 2. The SMILES string of the molecule is C=CCN(Cc1cccn1Cc1cccc(C(F)(F)F)c1)C(=O)COC. The van der Waals surface area contributed by atoms with E-state index in [0.29, 0.717) is 18.7 Å². The van der Waals surface area contributed by atoms with Gasteiger partial charge in [-0.25, -0.2) is 0 Å². The molecule has 1 heterocycles. The van der Waals surface area contributed by atoms with Crippen molar-refractivity contribution in [1.82, 2.24) is 9.47 Å². The van der Waals surface area contributed by atoms with Crippen molar-refractivity contribution >= 4 is 5.91 Å². The van der Waals surface area contributed by atoms with Gasteiger partial charge in [0.05, 0.1) is 12.1 Å². The summed E-state index contributed by atoms with van der Waals surface area (Å²) < 4.78 is 45.3. The normalized spacial score (nSPS) is 11.4. The summed E-state index contributed by atoms with van der Waals surface area (Å²) in [4.78, 5) is 13.7. The van der Waals surface area contributed by atoms with E-state index in [9.17, 15) is 18.0 Å². The van der Waals surface area contributed by atoms with Gasteiger partial charge in [0.1, 0.15) is 6.61 Å². The third-order valence-electron chi connectivity index (χ3n) is 3.85. The lowest BCUT2D eigenvalue weighted by atomic mass is 10.1. The molecule has 0 saturated carbocycles. The molecule has 0 aliphatic rings. The van der Waals surface area contributed by atoms with Crippen molar-refractivity contribution in [2.24, 2.45) is 0 Å². The summed E-state index contributed by atoms with van der Waals surface area (Å²) in [6, 6.07) is 8.88. The number of hydrogen-bond acceptors (Lipinski definition) is 2. The van der Waals surface area contributed by atoms with Crippen molar-refractivity contribution in [2.45, 2.75) is 19.3 Å². The van der Waals surface area contributed by atoms with Gasteiger partial charge in [-0.2, -0.15) is 13.2 Å². The highest BCUT2D eigenvalue weighted by molar-refractivity contribution is 5.77. The minimum Gasteiger partial charge on any atom is -0.375 e. The van der Waals surface area contributed by atoms with Gasteiger partial charge in [0.25, 0.3) is 0 Å². The van der Waals surface area contributed by atoms with Crippen LogP contribution in [-0.2, 0) is 28.8 Å². The summed E-state index contributed by atoms with van der Waals surface area (Å²) in [7, 11) is 1.44. The maximum Gasteiger partial charge on any atom is 0.416 e. The van der Waals surface area contributed by atoms with Crippen LogP contribution in [0.2, 0.25) is 0 Å². The third kappa shape index (κ3) is 5.23. The van der Waals surface area contributed by atoms with Gasteiger partial charge < -0.3 is 14.2 Å². The second-order valence-electron chi connectivity index (χ2n) is 5.82. The molecule has 0 fully saturated rings. The first-order valence-corrected chi connectivity index (χ1v) is 8.03. The van der Waals surface area contributed by atoms with Crippen LogP contribution in [-0.4, -0.2) is 35.6 Å². The molecule has 1 aromatic heterocycles. The number of amides is 1. The van der Waals surface area contributed by atoms with Gasteiger partial charge in [-0.3, -0.25) is 4.79 Å². The number of carbonyl (C=O) groups is 1. The zero-order valence-electron chi connectivity index (χ0n) is 14.5. The van der Waals surface area contributed by atoms with Crippen molar-refractivity contribution < 1.29 is 22.7 Å². The Kier molecular flexibility index (Phi) is 6.63. The molecule has 2 aromatic rings. The Bertz CT molecular complexity index is 753. The molecule has 4 nitrogen and oxygen atoms in total. The van der Waals surface area contributed by atoms with E-state index < -0.39 is 11.7 Å². The van der Waals surface area contributed by atoms with Crippen molar-refractivity contribution in [3.63, 3.8) is 0 Å². The molecule has 1 aromatic carbocycles. The van der Waals surface area contributed by atoms with Gasteiger partial charge in [0, 0.05) is 32.1 Å². The fourth-order valence-electron chi connectivity index (χ4n) is 2.61. The first kappa shape index (κ1) is 19.8. The van der Waals surface area contributed by atoms with Crippen LogP contribution in [0.15, 0.2) is 55.3 Å². The highest BCUT2D eigenvalue weighted by Gasteiger charge is 2.30. The highest BCUT2D eigenvalue weighted by Crippen LogP contribution is 2.29. The molecular weight excluding hydrogens is 345 g/mol. The number of benzene rings is 1. The zero-order chi connectivity index (χ0) is 19.2. The molecule has 0 saturated heterocycles. The molecule has 26 heavy (non-hydrogen) atoms. The van der Waals surface area contributed by atoms with Crippen LogP contribution in [0.25, 0.3) is 0 Å². The largest absolute Gasteiger partial charge is 0.416 e. The molecule has 0 aliphatic heterocycles. The fraction of sp³-hybridized carbons (Fsp3) is 0.316. The highest BCUT2D eigenvalue weighted by atomic mass is 19.4. The van der Waals surface area contributed by atoms with E-state index in [4.69, 9.17) is 4.74 Å². The number of carbonyl (C=O) groups excluding carboxylic acids is 1. The quantitative estimate of drug-likeness (QED) is 0.668. The average Bonchev–Trinajstić information content (AvgIpc) is 3.01. The minimum atomic E-state index is -4.37. The number of hydrogen-bond donors (Lipinski definition) is 0. The Balaban J connectivity index is 2.17. The first-order chi connectivity index (χ1) is 12.3. The van der Waals surface area contributed by atoms with E-state index in [1.807, 2.05) is 10.6 Å². The number of rotatable bonds is 8. The van der Waals surface area contributed by atoms with Gasteiger partial charge >= 0.3 is 6.18 Å². The first-order valence-electron chi connectivity index (χ1n) is 8.03. The second-order valence-corrected chi connectivity index (χ2v) is 5.82. The Morgan fingerprint density at radius 1 is 1.31 bits per heavy atom. The van der Waals surface area contributed by atoms with E-state index in [0.717, 1.165) is 17.8 Å². The molecule has 2 rings (SSSR count). The third-order valence-corrected chi connectivity index (χ3v) is 3.85. The summed E-state index contributed by atoms with van der Waals surface area (Å²) in [6.07, 6.45) is -0.973. The molecule has 0 N–H and O–H groups in total. The fourth-order valence-corrected chi connectivity index (χ4v) is 2.61. The van der Waals surface area contributed by atoms with Crippen molar-refractivity contribution in [1.29, 1.82) is 0 Å². The van der Waals surface area contributed by atoms with Gasteiger partial charge in [-0.05, 0) is 29.8 Å². The van der Waals surface area contributed by atoms with Gasteiger partial charge in [0.2, 0.25) is 5.91 Å². The van der Waals surface area contributed by atoms with Gasteiger partial charge in [-0.1, -0.05) is 18.2 Å². The number of methoxy groups -OCH3 is 1. The standard InChI is InChI=1S/C19H21F3N2O2/c1-3-9-24(18(25)14-26-2)13-17-8-5-10-23(17)12-15-6-4-7-16(11-15)19(20,21)22/h3-8,10-11H,1,9,12-14H2,2H3. The van der Waals surface area contributed by atoms with Gasteiger partial charge in [0.15, 0.2) is 0 Å². The Hall–Kier alpha value is -2.54. The Labute approximate surface area is 150 Å². The van der Waals surface area contributed by atoms with Crippen molar-refractivity contribution in [3.05, 3.63) is 72.1 Å². The molecule has 0 atom stereocenters. The van der Waals surface area contributed by atoms with Gasteiger partial charge in [-0.15, -0.1) is 6.58 Å². The molecule has 0 unspecified atom stereocenters. The van der Waals surface area contributed by atoms with Crippen LogP contribution < -0.4 is 0 Å². The predicted molar refractivity (Wildman–Crippen MR) is 92.5 cm³/mol. The summed E-state index contributed by atoms with van der Waals surface area (Å²) in [6.45, 7) is 4.57. The minimum absolute atomic E-state index is 0.0395. The molecule has 0 radical (unpaired) electrons. The van der Waals surface area contributed by atoms with Crippen molar-refractivity contribution in [3.8, 4) is 0 Å². The number of alkyl halides is 3. The van der Waals surface area contributed by atoms with E-state index >= 15 is 0 Å². The Morgan fingerprint density at radius 3 is 2.73 bits per heavy atom. The summed E-state index contributed by atoms with van der Waals surface area (Å²) in [5.41, 5.74) is 0.678. The van der Waals surface area contributed by atoms with E-state index in [2.05, 4.69) is 6.58 Å². The van der Waals surface area contributed by atoms with Crippen LogP contribution in [0.3, 0.4) is 0 Å². The molecule has 140 valence electrons. The molecule has 7 heteroatoms. The lowest BCUT2D eigenvalue weighted by Crippen LogP contribution is -2.34. The number of halogens is 3. The van der Waals surface area contributed by atoms with E-state index in [1.165, 1.54) is 13.2 Å². The molecule has 0 bridgehead atoms. The molecular formula is C19H21F3N2O2. The van der Waals surface area contributed by atoms with Crippen LogP contribution in [0.5, 0.6) is 0 Å². The molecule has 0 spiro atoms. The van der Waals surface area contributed by atoms with Crippen LogP contribution in [0.1, 0.15) is 16.8 Å². The monoisotopic (exact) mass is 366 g/mol. The molecule has 1 amide bonds. The lowest BCUT2D eigenvalue weighted by molar-refractivity contribution is -0.137. The summed E-state index contributed by atoms with van der Waals surface area (Å²) in [5, 5.41) is 0. The number of ether oxygens (including phenoxy) is 1. The topological polar surface area (TPSA) is 34.5 Å². The van der Waals surface area contributed by atoms with Crippen molar-refractivity contribution in [2.75, 3.05) is 20.3 Å². The van der Waals surface area contributed by atoms with E-state index in [1.54, 1.807) is 29.3 Å². The average molecular weight is 366 g/mol. The maximum absolute atomic E-state index is 12.9.